The number of aromatic hydroxyl groups is 1. The minimum atomic E-state index is -4.50. The summed E-state index contributed by atoms with van der Waals surface area (Å²) in [5.41, 5.74) is 0.863. The lowest BCUT2D eigenvalue weighted by Gasteiger charge is -2.12. The van der Waals surface area contributed by atoms with E-state index in [1.807, 2.05) is 0 Å². The van der Waals surface area contributed by atoms with Gasteiger partial charge in [-0.1, -0.05) is 35.1 Å². The molecule has 0 radical (unpaired) electrons. The van der Waals surface area contributed by atoms with Crippen LogP contribution >= 0.6 is 22.9 Å². The fraction of sp³-hybridized carbons (Fsp3) is 0.105. The van der Waals surface area contributed by atoms with Crippen LogP contribution in [-0.2, 0) is 12.6 Å². The standard InChI is InChI=1S/C19H11ClF3N3O2S/c20-14-7-12(19(21,22)23)3-1-10(14)6-13(16-17(27)25-18(28)29-16)9-2-4-15-11(5-9)8-24-26-15/h1-5,7-8,27H,6H2,(H,25,28). The molecule has 0 unspecified atom stereocenters. The minimum absolute atomic E-state index is 0.0579. The SMILES string of the molecule is O=c1[nH]c(O)c(C(Cc2ccc(C(F)(F)F)cc2Cl)=c2ccc3c(c2)C=NN=3)s1. The number of thiazole rings is 1. The lowest BCUT2D eigenvalue weighted by atomic mass is 9.99. The van der Waals surface area contributed by atoms with Crippen molar-refractivity contribution in [3.05, 3.63) is 83.2 Å². The highest BCUT2D eigenvalue weighted by Crippen LogP contribution is 2.34. The van der Waals surface area contributed by atoms with Gasteiger partial charge in [0.25, 0.3) is 0 Å². The molecule has 0 saturated heterocycles. The molecule has 0 aliphatic carbocycles. The van der Waals surface area contributed by atoms with Gasteiger partial charge in [-0.2, -0.15) is 23.4 Å². The summed E-state index contributed by atoms with van der Waals surface area (Å²) in [6.07, 6.45) is -2.83. The molecule has 1 aliphatic rings. The van der Waals surface area contributed by atoms with Crippen molar-refractivity contribution in [2.75, 3.05) is 0 Å². The van der Waals surface area contributed by atoms with Gasteiger partial charge in [0.15, 0.2) is 0 Å². The number of aromatic amines is 1. The molecule has 29 heavy (non-hydrogen) atoms. The van der Waals surface area contributed by atoms with Crippen LogP contribution in [0.4, 0.5) is 13.2 Å². The van der Waals surface area contributed by atoms with E-state index in [4.69, 9.17) is 11.6 Å². The van der Waals surface area contributed by atoms with Gasteiger partial charge in [-0.3, -0.25) is 9.78 Å². The van der Waals surface area contributed by atoms with Gasteiger partial charge in [-0.25, -0.2) is 0 Å². The van der Waals surface area contributed by atoms with Crippen LogP contribution in [0.2, 0.25) is 5.02 Å². The van der Waals surface area contributed by atoms with E-state index in [9.17, 15) is 23.1 Å². The highest BCUT2D eigenvalue weighted by Gasteiger charge is 2.31. The predicted molar refractivity (Wildman–Crippen MR) is 104 cm³/mol. The highest BCUT2D eigenvalue weighted by atomic mass is 35.5. The van der Waals surface area contributed by atoms with Crippen LogP contribution in [0.5, 0.6) is 5.88 Å². The van der Waals surface area contributed by atoms with Crippen molar-refractivity contribution >= 4 is 34.7 Å². The zero-order valence-corrected chi connectivity index (χ0v) is 16.0. The number of nitrogens with one attached hydrogen (secondary N) is 1. The Labute approximate surface area is 170 Å². The zero-order valence-electron chi connectivity index (χ0n) is 14.4. The third-order valence-corrected chi connectivity index (χ3v) is 5.67. The monoisotopic (exact) mass is 437 g/mol. The summed E-state index contributed by atoms with van der Waals surface area (Å²) in [6.45, 7) is 0. The average Bonchev–Trinajstić information content (AvgIpc) is 3.25. The second kappa shape index (κ2) is 7.16. The summed E-state index contributed by atoms with van der Waals surface area (Å²) in [5, 5.41) is 19.2. The maximum absolute atomic E-state index is 12.9. The molecule has 0 atom stereocenters. The van der Waals surface area contributed by atoms with E-state index in [1.165, 1.54) is 6.07 Å². The molecule has 2 aromatic carbocycles. The summed E-state index contributed by atoms with van der Waals surface area (Å²) in [5.74, 6) is -0.308. The lowest BCUT2D eigenvalue weighted by Crippen LogP contribution is -2.16. The Balaban J connectivity index is 1.88. The van der Waals surface area contributed by atoms with Crippen molar-refractivity contribution in [3.8, 4) is 5.88 Å². The fourth-order valence-corrected chi connectivity index (χ4v) is 4.03. The average molecular weight is 438 g/mol. The van der Waals surface area contributed by atoms with Gasteiger partial charge >= 0.3 is 11.0 Å². The fourth-order valence-electron chi connectivity index (χ4n) is 2.99. The lowest BCUT2D eigenvalue weighted by molar-refractivity contribution is -0.137. The summed E-state index contributed by atoms with van der Waals surface area (Å²) in [4.78, 5) is 13.9. The second-order valence-electron chi connectivity index (χ2n) is 6.27. The van der Waals surface area contributed by atoms with Gasteiger partial charge in [0.2, 0.25) is 5.88 Å². The Hall–Kier alpha value is -2.91. The first kappa shape index (κ1) is 19.4. The first-order chi connectivity index (χ1) is 13.7. The van der Waals surface area contributed by atoms with Crippen LogP contribution in [0.3, 0.4) is 0 Å². The van der Waals surface area contributed by atoms with Crippen LogP contribution < -0.4 is 15.4 Å². The molecule has 0 saturated carbocycles. The molecular weight excluding hydrogens is 427 g/mol. The number of benzene rings is 2. The molecule has 1 aromatic heterocycles. The van der Waals surface area contributed by atoms with Gasteiger partial charge in [-0.15, -0.1) is 0 Å². The molecule has 4 rings (SSSR count). The van der Waals surface area contributed by atoms with Crippen molar-refractivity contribution < 1.29 is 18.3 Å². The summed E-state index contributed by atoms with van der Waals surface area (Å²) < 4.78 is 38.8. The number of H-pyrrole nitrogens is 1. The molecule has 2 heterocycles. The molecule has 0 bridgehead atoms. The summed E-state index contributed by atoms with van der Waals surface area (Å²) in [6, 6.07) is 8.37. The number of hydrogen-bond acceptors (Lipinski definition) is 5. The number of fused-ring (bicyclic) bond motifs is 1. The highest BCUT2D eigenvalue weighted by molar-refractivity contribution is 7.10. The topological polar surface area (TPSA) is 77.8 Å². The molecule has 0 spiro atoms. The molecule has 2 N–H and O–H groups in total. The Bertz CT molecular complexity index is 1330. The number of aromatic nitrogens is 1. The van der Waals surface area contributed by atoms with Crippen LogP contribution in [0.1, 0.15) is 21.6 Å². The van der Waals surface area contributed by atoms with Crippen LogP contribution in [0, 0.1) is 0 Å². The van der Waals surface area contributed by atoms with Gasteiger partial charge in [0.05, 0.1) is 22.0 Å². The van der Waals surface area contributed by atoms with Gasteiger partial charge in [0, 0.05) is 17.0 Å². The van der Waals surface area contributed by atoms with E-state index in [-0.39, 0.29) is 22.2 Å². The molecule has 1 aliphatic heterocycles. The van der Waals surface area contributed by atoms with Crippen LogP contribution in [0.25, 0.3) is 5.57 Å². The van der Waals surface area contributed by atoms with E-state index < -0.39 is 16.6 Å². The van der Waals surface area contributed by atoms with Crippen molar-refractivity contribution in [1.82, 2.24) is 4.98 Å². The smallest absolute Gasteiger partial charge is 0.416 e. The quantitative estimate of drug-likeness (QED) is 0.660. The Morgan fingerprint density at radius 2 is 2.00 bits per heavy atom. The van der Waals surface area contributed by atoms with Gasteiger partial charge < -0.3 is 5.11 Å². The van der Waals surface area contributed by atoms with Crippen molar-refractivity contribution in [3.63, 3.8) is 0 Å². The maximum Gasteiger partial charge on any atom is 0.416 e. The molecule has 0 amide bonds. The number of rotatable bonds is 3. The summed E-state index contributed by atoms with van der Waals surface area (Å²) >= 11 is 6.92. The van der Waals surface area contributed by atoms with Crippen molar-refractivity contribution in [2.45, 2.75) is 12.6 Å². The number of alkyl halides is 3. The third kappa shape index (κ3) is 3.83. The van der Waals surface area contributed by atoms with E-state index >= 15 is 0 Å². The molecule has 10 heteroatoms. The molecule has 148 valence electrons. The first-order valence-electron chi connectivity index (χ1n) is 8.25. The van der Waals surface area contributed by atoms with E-state index in [0.29, 0.717) is 21.7 Å². The number of hydrogen-bond donors (Lipinski definition) is 2. The third-order valence-electron chi connectivity index (χ3n) is 4.39. The molecule has 3 aromatic rings. The van der Waals surface area contributed by atoms with Gasteiger partial charge in [-0.05, 0) is 40.6 Å². The summed E-state index contributed by atoms with van der Waals surface area (Å²) in [7, 11) is 0. The zero-order chi connectivity index (χ0) is 20.8. The van der Waals surface area contributed by atoms with E-state index in [2.05, 4.69) is 15.2 Å². The van der Waals surface area contributed by atoms with Crippen molar-refractivity contribution in [1.29, 1.82) is 0 Å². The minimum Gasteiger partial charge on any atom is -0.493 e. The molecular formula is C19H11ClF3N3O2S. The molecule has 5 nitrogen and oxygen atoms in total. The van der Waals surface area contributed by atoms with Crippen LogP contribution in [-0.4, -0.2) is 16.3 Å². The normalized spacial score (nSPS) is 13.9. The van der Waals surface area contributed by atoms with Crippen molar-refractivity contribution in [2.24, 2.45) is 10.2 Å². The predicted octanol–water partition coefficient (Wildman–Crippen LogP) is 3.22. The molecule has 0 fully saturated rings. The van der Waals surface area contributed by atoms with E-state index in [0.717, 1.165) is 29.0 Å². The number of halogens is 4. The Kier molecular flexibility index (Phi) is 4.79. The first-order valence-corrected chi connectivity index (χ1v) is 9.44. The number of nitrogens with zero attached hydrogens (tertiary/aromatic N) is 2. The Morgan fingerprint density at radius 1 is 1.21 bits per heavy atom. The van der Waals surface area contributed by atoms with E-state index in [1.54, 1.807) is 24.4 Å². The second-order valence-corrected chi connectivity index (χ2v) is 7.66. The maximum atomic E-state index is 12.9. The largest absolute Gasteiger partial charge is 0.493 e. The van der Waals surface area contributed by atoms with Crippen LogP contribution in [0.15, 0.2) is 51.4 Å². The Morgan fingerprint density at radius 3 is 2.66 bits per heavy atom. The van der Waals surface area contributed by atoms with Gasteiger partial charge in [0.1, 0.15) is 0 Å².